The van der Waals surface area contributed by atoms with Gasteiger partial charge in [-0.1, -0.05) is 34.8 Å². The molecule has 7 heteroatoms. The molecule has 0 aliphatic rings. The van der Waals surface area contributed by atoms with Crippen LogP contribution in [-0.4, -0.2) is 11.1 Å². The quantitative estimate of drug-likeness (QED) is 0.840. The van der Waals surface area contributed by atoms with E-state index in [4.69, 9.17) is 45.6 Å². The summed E-state index contributed by atoms with van der Waals surface area (Å²) >= 11 is 17.4. The number of benzene rings is 1. The molecule has 1 aromatic carbocycles. The van der Waals surface area contributed by atoms with Crippen LogP contribution in [-0.2, 0) is 4.79 Å². The highest BCUT2D eigenvalue weighted by Gasteiger charge is 2.16. The van der Waals surface area contributed by atoms with Crippen molar-refractivity contribution in [2.75, 3.05) is 0 Å². The van der Waals surface area contributed by atoms with Gasteiger partial charge in [0, 0.05) is 11.1 Å². The van der Waals surface area contributed by atoms with E-state index in [-0.39, 0.29) is 28.9 Å². The Bertz CT molecular complexity index is 397. The zero-order valence-corrected chi connectivity index (χ0v) is 11.0. The predicted molar refractivity (Wildman–Crippen MR) is 67.9 cm³/mol. The smallest absolute Gasteiger partial charge is 0.305 e. The van der Waals surface area contributed by atoms with E-state index in [1.165, 1.54) is 12.1 Å². The van der Waals surface area contributed by atoms with Crippen molar-refractivity contribution in [3.63, 3.8) is 0 Å². The van der Waals surface area contributed by atoms with E-state index < -0.39 is 12.0 Å². The number of carboxylic acid groups (broad SMARTS) is 1. The summed E-state index contributed by atoms with van der Waals surface area (Å²) in [4.78, 5) is 10.5. The molecule has 1 unspecified atom stereocenters. The minimum Gasteiger partial charge on any atom is -0.481 e. The summed E-state index contributed by atoms with van der Waals surface area (Å²) in [6.07, 6.45) is -0.226. The summed E-state index contributed by atoms with van der Waals surface area (Å²) in [5.74, 6) is -1.00. The van der Waals surface area contributed by atoms with Crippen molar-refractivity contribution in [2.45, 2.75) is 12.5 Å². The fourth-order valence-corrected chi connectivity index (χ4v) is 1.90. The molecule has 1 aromatic rings. The fourth-order valence-electron chi connectivity index (χ4n) is 1.14. The lowest BCUT2D eigenvalue weighted by Gasteiger charge is -2.12. The Kier molecular flexibility index (Phi) is 6.44. The van der Waals surface area contributed by atoms with Crippen LogP contribution in [0.2, 0.25) is 15.1 Å². The van der Waals surface area contributed by atoms with E-state index in [0.717, 1.165) is 0 Å². The van der Waals surface area contributed by atoms with Crippen molar-refractivity contribution < 1.29 is 9.90 Å². The topological polar surface area (TPSA) is 63.3 Å². The van der Waals surface area contributed by atoms with Gasteiger partial charge in [-0.25, -0.2) is 0 Å². The molecule has 0 aliphatic heterocycles. The van der Waals surface area contributed by atoms with Crippen LogP contribution in [0.25, 0.3) is 0 Å². The highest BCUT2D eigenvalue weighted by molar-refractivity contribution is 6.43. The summed E-state index contributed by atoms with van der Waals surface area (Å²) in [7, 11) is 0. The highest BCUT2D eigenvalue weighted by atomic mass is 35.5. The van der Waals surface area contributed by atoms with Crippen LogP contribution in [0.1, 0.15) is 18.0 Å². The number of hydrogen-bond donors (Lipinski definition) is 2. The number of hydrogen-bond acceptors (Lipinski definition) is 2. The lowest BCUT2D eigenvalue weighted by Crippen LogP contribution is -2.15. The predicted octanol–water partition coefficient (Wildman–Crippen LogP) is 3.54. The van der Waals surface area contributed by atoms with E-state index in [9.17, 15) is 4.79 Å². The first-order valence-electron chi connectivity index (χ1n) is 4.03. The molecule has 0 heterocycles. The number of carbonyl (C=O) groups is 1. The summed E-state index contributed by atoms with van der Waals surface area (Å²) in [5, 5.41) is 9.47. The highest BCUT2D eigenvalue weighted by Crippen LogP contribution is 2.33. The average Bonchev–Trinajstić information content (AvgIpc) is 2.09. The van der Waals surface area contributed by atoms with Crippen molar-refractivity contribution in [3.05, 3.63) is 32.8 Å². The maximum atomic E-state index is 10.5. The van der Waals surface area contributed by atoms with Crippen LogP contribution in [0, 0.1) is 0 Å². The second-order valence-corrected chi connectivity index (χ2v) is 4.22. The van der Waals surface area contributed by atoms with Crippen LogP contribution in [0.4, 0.5) is 0 Å². The van der Waals surface area contributed by atoms with Crippen LogP contribution >= 0.6 is 47.2 Å². The molecule has 0 amide bonds. The zero-order chi connectivity index (χ0) is 11.6. The Morgan fingerprint density at radius 3 is 2.44 bits per heavy atom. The van der Waals surface area contributed by atoms with E-state index in [1.807, 2.05) is 0 Å². The first-order chi connectivity index (χ1) is 6.91. The van der Waals surface area contributed by atoms with Gasteiger partial charge in [-0.15, -0.1) is 12.4 Å². The zero-order valence-electron chi connectivity index (χ0n) is 7.91. The summed E-state index contributed by atoms with van der Waals surface area (Å²) in [6, 6.07) is 2.28. The molecule has 0 spiro atoms. The van der Waals surface area contributed by atoms with Gasteiger partial charge in [-0.3, -0.25) is 4.79 Å². The van der Waals surface area contributed by atoms with E-state index in [1.54, 1.807) is 0 Å². The minimum atomic E-state index is -1.00. The SMILES string of the molecule is Cl.NC(CC(=O)O)c1cc(Cl)cc(Cl)c1Cl. The number of aliphatic carboxylic acids is 1. The van der Waals surface area contributed by atoms with Crippen LogP contribution < -0.4 is 5.73 Å². The van der Waals surface area contributed by atoms with Gasteiger partial charge in [-0.2, -0.15) is 0 Å². The summed E-state index contributed by atoms with van der Waals surface area (Å²) in [6.45, 7) is 0. The average molecular weight is 305 g/mol. The Labute approximate surface area is 114 Å². The molecule has 90 valence electrons. The lowest BCUT2D eigenvalue weighted by molar-refractivity contribution is -0.137. The van der Waals surface area contributed by atoms with Crippen molar-refractivity contribution in [1.82, 2.24) is 0 Å². The monoisotopic (exact) mass is 303 g/mol. The Morgan fingerprint density at radius 2 is 1.94 bits per heavy atom. The van der Waals surface area contributed by atoms with Gasteiger partial charge in [0.2, 0.25) is 0 Å². The van der Waals surface area contributed by atoms with Gasteiger partial charge in [0.15, 0.2) is 0 Å². The van der Waals surface area contributed by atoms with Gasteiger partial charge >= 0.3 is 5.97 Å². The first-order valence-corrected chi connectivity index (χ1v) is 5.17. The lowest BCUT2D eigenvalue weighted by atomic mass is 10.0. The third kappa shape index (κ3) is 4.00. The van der Waals surface area contributed by atoms with Crippen molar-refractivity contribution in [2.24, 2.45) is 5.73 Å². The standard InChI is InChI=1S/C9H8Cl3NO2.ClH/c10-4-1-5(7(13)3-8(14)15)9(12)6(11)2-4;/h1-2,7H,3,13H2,(H,14,15);1H. The Morgan fingerprint density at radius 1 is 1.38 bits per heavy atom. The van der Waals surface area contributed by atoms with Crippen molar-refractivity contribution >= 4 is 53.2 Å². The van der Waals surface area contributed by atoms with E-state index >= 15 is 0 Å². The number of carboxylic acids is 1. The van der Waals surface area contributed by atoms with Crippen molar-refractivity contribution in [3.8, 4) is 0 Å². The first kappa shape index (κ1) is 15.8. The molecule has 16 heavy (non-hydrogen) atoms. The molecular weight excluding hydrogens is 296 g/mol. The minimum absolute atomic E-state index is 0. The largest absolute Gasteiger partial charge is 0.481 e. The molecule has 0 saturated heterocycles. The van der Waals surface area contributed by atoms with Crippen LogP contribution in [0.5, 0.6) is 0 Å². The molecule has 0 aromatic heterocycles. The normalized spacial score (nSPS) is 11.8. The molecular formula is C9H9Cl4NO2. The van der Waals surface area contributed by atoms with E-state index in [0.29, 0.717) is 10.6 Å². The molecule has 0 radical (unpaired) electrons. The molecule has 3 nitrogen and oxygen atoms in total. The molecule has 0 fully saturated rings. The Balaban J connectivity index is 0.00000225. The number of halogens is 4. The second-order valence-electron chi connectivity index (χ2n) is 3.00. The van der Waals surface area contributed by atoms with Gasteiger partial charge in [-0.05, 0) is 17.7 Å². The third-order valence-electron chi connectivity index (χ3n) is 1.82. The number of nitrogens with two attached hydrogens (primary N) is 1. The van der Waals surface area contributed by atoms with Crippen molar-refractivity contribution in [1.29, 1.82) is 0 Å². The molecule has 0 bridgehead atoms. The van der Waals surface area contributed by atoms with Gasteiger partial charge in [0.1, 0.15) is 0 Å². The van der Waals surface area contributed by atoms with Gasteiger partial charge < -0.3 is 10.8 Å². The molecule has 0 aliphatic carbocycles. The molecule has 0 saturated carbocycles. The van der Waals surface area contributed by atoms with Crippen LogP contribution in [0.3, 0.4) is 0 Å². The maximum Gasteiger partial charge on any atom is 0.305 e. The molecule has 1 rings (SSSR count). The Hall–Kier alpha value is -0.190. The fraction of sp³-hybridized carbons (Fsp3) is 0.222. The number of rotatable bonds is 3. The van der Waals surface area contributed by atoms with Gasteiger partial charge in [0.25, 0.3) is 0 Å². The summed E-state index contributed by atoms with van der Waals surface area (Å²) < 4.78 is 0. The maximum absolute atomic E-state index is 10.5. The summed E-state index contributed by atoms with van der Waals surface area (Å²) in [5.41, 5.74) is 6.09. The van der Waals surface area contributed by atoms with Gasteiger partial charge in [0.05, 0.1) is 16.5 Å². The third-order valence-corrected chi connectivity index (χ3v) is 2.85. The van der Waals surface area contributed by atoms with E-state index in [2.05, 4.69) is 0 Å². The second kappa shape index (κ2) is 6.52. The molecule has 1 atom stereocenters. The van der Waals surface area contributed by atoms with Crippen LogP contribution in [0.15, 0.2) is 12.1 Å². The molecule has 3 N–H and O–H groups in total.